The van der Waals surface area contributed by atoms with Crippen molar-refractivity contribution in [1.29, 1.82) is 0 Å². The number of aliphatic imine (C=N–C) groups is 1. The molecule has 1 fully saturated rings. The summed E-state index contributed by atoms with van der Waals surface area (Å²) in [6, 6.07) is 4.41. The number of rotatable bonds is 3. The molecule has 0 aromatic carbocycles. The maximum absolute atomic E-state index is 5.57. The minimum atomic E-state index is 0.424. The van der Waals surface area contributed by atoms with Crippen LogP contribution in [0.4, 0.5) is 0 Å². The summed E-state index contributed by atoms with van der Waals surface area (Å²) in [6.45, 7) is 0.754. The number of hydrazine groups is 1. The topological polar surface area (TPSA) is 66.5 Å². The van der Waals surface area contributed by atoms with Crippen LogP contribution in [0, 0.1) is 0 Å². The van der Waals surface area contributed by atoms with Crippen LogP contribution < -0.4 is 11.3 Å². The monoisotopic (exact) mass is 247 g/mol. The molecule has 0 aliphatic heterocycles. The van der Waals surface area contributed by atoms with E-state index in [9.17, 15) is 0 Å². The molecule has 3 N–H and O–H groups in total. The first kappa shape index (κ1) is 12.8. The van der Waals surface area contributed by atoms with E-state index in [-0.39, 0.29) is 0 Å². The Kier molecular flexibility index (Phi) is 4.52. The summed E-state index contributed by atoms with van der Waals surface area (Å²) in [5.41, 5.74) is 3.85. The van der Waals surface area contributed by atoms with Crippen molar-refractivity contribution in [2.75, 3.05) is 7.05 Å². The minimum absolute atomic E-state index is 0.424. The number of guanidine groups is 1. The van der Waals surface area contributed by atoms with Gasteiger partial charge in [-0.15, -0.1) is 0 Å². The Morgan fingerprint density at radius 2 is 2.33 bits per heavy atom. The van der Waals surface area contributed by atoms with Crippen LogP contribution in [0.2, 0.25) is 0 Å². The fourth-order valence-corrected chi connectivity index (χ4v) is 2.29. The first-order valence-electron chi connectivity index (χ1n) is 6.44. The van der Waals surface area contributed by atoms with Crippen LogP contribution >= 0.6 is 0 Å². The second-order valence-corrected chi connectivity index (χ2v) is 4.75. The number of pyridine rings is 1. The highest BCUT2D eigenvalue weighted by Crippen LogP contribution is 2.21. The average Bonchev–Trinajstić information content (AvgIpc) is 2.90. The fourth-order valence-electron chi connectivity index (χ4n) is 2.29. The summed E-state index contributed by atoms with van der Waals surface area (Å²) in [5.74, 6) is 6.32. The zero-order chi connectivity index (χ0) is 12.8. The summed E-state index contributed by atoms with van der Waals surface area (Å²) in [5, 5.41) is 0. The maximum atomic E-state index is 5.57. The molecule has 1 aliphatic carbocycles. The standard InChI is InChI=1S/C13H21N5/c1-18(10-11-5-4-8-15-9-11)13(17-14)16-12-6-2-3-7-12/h4-5,8-9,12H,2-3,6-7,10,14H2,1H3,(H,16,17). The lowest BCUT2D eigenvalue weighted by molar-refractivity contribution is 0.470. The molecule has 1 aromatic rings. The number of nitrogens with zero attached hydrogens (tertiary/aromatic N) is 3. The third-order valence-corrected chi connectivity index (χ3v) is 3.26. The highest BCUT2D eigenvalue weighted by molar-refractivity contribution is 5.79. The molecule has 1 aromatic heterocycles. The quantitative estimate of drug-likeness (QED) is 0.365. The van der Waals surface area contributed by atoms with Gasteiger partial charge in [0, 0.05) is 26.0 Å². The van der Waals surface area contributed by atoms with Crippen molar-refractivity contribution in [2.24, 2.45) is 10.8 Å². The van der Waals surface area contributed by atoms with Gasteiger partial charge in [-0.1, -0.05) is 18.9 Å². The van der Waals surface area contributed by atoms with Crippen molar-refractivity contribution in [3.63, 3.8) is 0 Å². The fraction of sp³-hybridized carbons (Fsp3) is 0.538. The van der Waals surface area contributed by atoms with Gasteiger partial charge in [-0.05, 0) is 24.5 Å². The van der Waals surface area contributed by atoms with Crippen LogP contribution in [0.1, 0.15) is 31.2 Å². The zero-order valence-corrected chi connectivity index (χ0v) is 10.8. The molecule has 0 amide bonds. The van der Waals surface area contributed by atoms with Gasteiger partial charge in [-0.2, -0.15) is 0 Å². The van der Waals surface area contributed by atoms with Crippen molar-refractivity contribution in [3.8, 4) is 0 Å². The Balaban J connectivity index is 1.98. The Labute approximate surface area is 108 Å². The van der Waals surface area contributed by atoms with E-state index in [2.05, 4.69) is 15.4 Å². The third kappa shape index (κ3) is 3.43. The van der Waals surface area contributed by atoms with Gasteiger partial charge in [0.05, 0.1) is 6.04 Å². The van der Waals surface area contributed by atoms with Gasteiger partial charge in [-0.3, -0.25) is 10.4 Å². The average molecular weight is 247 g/mol. The van der Waals surface area contributed by atoms with Crippen molar-refractivity contribution in [2.45, 2.75) is 38.3 Å². The molecule has 2 rings (SSSR count). The molecule has 0 bridgehead atoms. The lowest BCUT2D eigenvalue weighted by Crippen LogP contribution is -2.43. The van der Waals surface area contributed by atoms with Crippen molar-refractivity contribution < 1.29 is 0 Å². The Morgan fingerprint density at radius 3 is 2.94 bits per heavy atom. The zero-order valence-electron chi connectivity index (χ0n) is 10.8. The van der Waals surface area contributed by atoms with Crippen LogP contribution in [0.5, 0.6) is 0 Å². The number of hydrogen-bond acceptors (Lipinski definition) is 3. The van der Waals surface area contributed by atoms with E-state index in [0.717, 1.165) is 18.1 Å². The SMILES string of the molecule is CN(Cc1cccnc1)C(=NC1CCCC1)NN. The van der Waals surface area contributed by atoms with Crippen LogP contribution in [0.25, 0.3) is 0 Å². The van der Waals surface area contributed by atoms with Gasteiger partial charge >= 0.3 is 0 Å². The van der Waals surface area contributed by atoms with Crippen molar-refractivity contribution in [1.82, 2.24) is 15.3 Å². The Bertz CT molecular complexity index is 384. The second-order valence-electron chi connectivity index (χ2n) is 4.75. The van der Waals surface area contributed by atoms with Crippen molar-refractivity contribution >= 4 is 5.96 Å². The minimum Gasteiger partial charge on any atom is -0.341 e. The molecule has 1 saturated carbocycles. The van der Waals surface area contributed by atoms with E-state index in [0.29, 0.717) is 6.04 Å². The van der Waals surface area contributed by atoms with E-state index in [1.807, 2.05) is 30.3 Å². The smallest absolute Gasteiger partial charge is 0.208 e. The molecule has 5 nitrogen and oxygen atoms in total. The summed E-state index contributed by atoms with van der Waals surface area (Å²) in [7, 11) is 1.99. The van der Waals surface area contributed by atoms with Gasteiger partial charge in [0.15, 0.2) is 0 Å². The van der Waals surface area contributed by atoms with Gasteiger partial charge in [0.2, 0.25) is 5.96 Å². The number of hydrogen-bond donors (Lipinski definition) is 2. The molecule has 5 heteroatoms. The van der Waals surface area contributed by atoms with Gasteiger partial charge in [0.25, 0.3) is 0 Å². The van der Waals surface area contributed by atoms with E-state index in [1.165, 1.54) is 25.7 Å². The molecular formula is C13H21N5. The lowest BCUT2D eigenvalue weighted by Gasteiger charge is -2.21. The molecular weight excluding hydrogens is 226 g/mol. The van der Waals surface area contributed by atoms with Gasteiger partial charge in [0.1, 0.15) is 0 Å². The molecule has 0 spiro atoms. The Hall–Kier alpha value is -1.62. The van der Waals surface area contributed by atoms with Crippen LogP contribution in [0.3, 0.4) is 0 Å². The summed E-state index contributed by atoms with van der Waals surface area (Å²) in [4.78, 5) is 10.8. The summed E-state index contributed by atoms with van der Waals surface area (Å²) >= 11 is 0. The van der Waals surface area contributed by atoms with Crippen LogP contribution in [-0.2, 0) is 6.54 Å². The molecule has 0 saturated heterocycles. The van der Waals surface area contributed by atoms with E-state index in [1.54, 1.807) is 6.20 Å². The molecule has 0 radical (unpaired) electrons. The number of nitrogens with two attached hydrogens (primary N) is 1. The molecule has 0 atom stereocenters. The second kappa shape index (κ2) is 6.35. The molecule has 1 heterocycles. The maximum Gasteiger partial charge on any atom is 0.208 e. The highest BCUT2D eigenvalue weighted by atomic mass is 15.4. The first-order chi connectivity index (χ1) is 8.79. The summed E-state index contributed by atoms with van der Waals surface area (Å²) in [6.07, 6.45) is 8.53. The van der Waals surface area contributed by atoms with Gasteiger partial charge in [-0.25, -0.2) is 10.8 Å². The molecule has 1 aliphatic rings. The highest BCUT2D eigenvalue weighted by Gasteiger charge is 2.16. The lowest BCUT2D eigenvalue weighted by atomic mass is 10.2. The molecule has 18 heavy (non-hydrogen) atoms. The predicted octanol–water partition coefficient (Wildman–Crippen LogP) is 1.28. The largest absolute Gasteiger partial charge is 0.341 e. The third-order valence-electron chi connectivity index (χ3n) is 3.26. The number of nitrogens with one attached hydrogen (secondary N) is 1. The molecule has 0 unspecified atom stereocenters. The first-order valence-corrected chi connectivity index (χ1v) is 6.44. The normalized spacial score (nSPS) is 16.9. The van der Waals surface area contributed by atoms with Crippen LogP contribution in [0.15, 0.2) is 29.5 Å². The van der Waals surface area contributed by atoms with E-state index >= 15 is 0 Å². The Morgan fingerprint density at radius 1 is 1.56 bits per heavy atom. The summed E-state index contributed by atoms with van der Waals surface area (Å²) < 4.78 is 0. The van der Waals surface area contributed by atoms with Gasteiger partial charge < -0.3 is 4.90 Å². The van der Waals surface area contributed by atoms with E-state index in [4.69, 9.17) is 5.84 Å². The van der Waals surface area contributed by atoms with Crippen LogP contribution in [-0.4, -0.2) is 28.9 Å². The van der Waals surface area contributed by atoms with Crippen molar-refractivity contribution in [3.05, 3.63) is 30.1 Å². The van der Waals surface area contributed by atoms with E-state index < -0.39 is 0 Å². The molecule has 98 valence electrons. The predicted molar refractivity (Wildman–Crippen MR) is 72.7 cm³/mol. The number of aromatic nitrogens is 1.